The zero-order valence-corrected chi connectivity index (χ0v) is 7.98. The van der Waals surface area contributed by atoms with Crippen LogP contribution in [0, 0.1) is 13.8 Å². The summed E-state index contributed by atoms with van der Waals surface area (Å²) in [6.07, 6.45) is 3.43. The molecule has 0 saturated carbocycles. The minimum atomic E-state index is 0.554. The van der Waals surface area contributed by atoms with Crippen LogP contribution in [0.2, 0.25) is 0 Å². The van der Waals surface area contributed by atoms with Crippen LogP contribution < -0.4 is 0 Å². The van der Waals surface area contributed by atoms with E-state index in [4.69, 9.17) is 0 Å². The number of fused-ring (bicyclic) bond motifs is 1. The molecular weight excluding hydrogens is 178 g/mol. The molecule has 4 heteroatoms. The molecule has 0 aliphatic heterocycles. The molecule has 0 radical (unpaired) electrons. The van der Waals surface area contributed by atoms with Gasteiger partial charge in [-0.2, -0.15) is 0 Å². The van der Waals surface area contributed by atoms with Crippen molar-refractivity contribution < 1.29 is 4.79 Å². The van der Waals surface area contributed by atoms with E-state index in [1.165, 1.54) is 6.08 Å². The van der Waals surface area contributed by atoms with Crippen LogP contribution in [0.25, 0.3) is 5.65 Å². The van der Waals surface area contributed by atoms with Crippen LogP contribution >= 0.6 is 0 Å². The van der Waals surface area contributed by atoms with Crippen molar-refractivity contribution in [3.63, 3.8) is 0 Å². The van der Waals surface area contributed by atoms with Crippen molar-refractivity contribution in [3.8, 4) is 0 Å². The largest absolute Gasteiger partial charge is 0.283 e. The second kappa shape index (κ2) is 3.09. The number of aliphatic imine (C=N–C) groups is 1. The maximum Gasteiger partial charge on any atom is 0.242 e. The molecule has 14 heavy (non-hydrogen) atoms. The summed E-state index contributed by atoms with van der Waals surface area (Å²) in [6, 6.07) is 3.86. The van der Waals surface area contributed by atoms with Gasteiger partial charge in [0.05, 0.1) is 5.69 Å². The van der Waals surface area contributed by atoms with Crippen LogP contribution in [-0.2, 0) is 4.79 Å². The summed E-state index contributed by atoms with van der Waals surface area (Å²) < 4.78 is 1.79. The third-order valence-electron chi connectivity index (χ3n) is 2.06. The number of carbonyl (C=O) groups excluding carboxylic acids is 1. The first-order valence-corrected chi connectivity index (χ1v) is 4.25. The van der Waals surface area contributed by atoms with Gasteiger partial charge in [0.2, 0.25) is 6.08 Å². The van der Waals surface area contributed by atoms with Crippen LogP contribution in [0.15, 0.2) is 23.3 Å². The van der Waals surface area contributed by atoms with E-state index in [9.17, 15) is 4.79 Å². The molecule has 0 unspecified atom stereocenters. The summed E-state index contributed by atoms with van der Waals surface area (Å²) in [4.78, 5) is 18.1. The Kier molecular flexibility index (Phi) is 1.91. The van der Waals surface area contributed by atoms with Crippen molar-refractivity contribution in [2.45, 2.75) is 13.8 Å². The smallest absolute Gasteiger partial charge is 0.242 e. The minimum absolute atomic E-state index is 0.554. The second-order valence-electron chi connectivity index (χ2n) is 3.16. The number of hydrogen-bond acceptors (Lipinski definition) is 3. The Bertz CT molecular complexity index is 536. The summed E-state index contributed by atoms with van der Waals surface area (Å²) in [5.41, 5.74) is 2.62. The predicted octanol–water partition coefficient (Wildman–Crippen LogP) is 1.92. The third kappa shape index (κ3) is 1.22. The van der Waals surface area contributed by atoms with Gasteiger partial charge in [0.15, 0.2) is 5.82 Å². The molecule has 2 aromatic rings. The van der Waals surface area contributed by atoms with E-state index in [-0.39, 0.29) is 0 Å². The SMILES string of the molecule is Cc1ccc2nc(C)c(N=C=O)n2c1. The molecule has 0 amide bonds. The molecule has 0 saturated heterocycles. The normalized spacial score (nSPS) is 10.1. The van der Waals surface area contributed by atoms with Crippen molar-refractivity contribution in [1.82, 2.24) is 9.38 Å². The molecule has 70 valence electrons. The van der Waals surface area contributed by atoms with Gasteiger partial charge in [0.1, 0.15) is 5.65 Å². The molecule has 2 rings (SSSR count). The van der Waals surface area contributed by atoms with Crippen molar-refractivity contribution >= 4 is 17.5 Å². The fourth-order valence-corrected chi connectivity index (χ4v) is 1.43. The van der Waals surface area contributed by atoms with Crippen molar-refractivity contribution in [2.75, 3.05) is 0 Å². The number of isocyanates is 1. The number of nitrogens with zero attached hydrogens (tertiary/aromatic N) is 3. The summed E-state index contributed by atoms with van der Waals surface area (Å²) in [7, 11) is 0. The molecule has 0 bridgehead atoms. The molecule has 0 fully saturated rings. The van der Waals surface area contributed by atoms with E-state index in [1.54, 1.807) is 4.40 Å². The topological polar surface area (TPSA) is 46.7 Å². The van der Waals surface area contributed by atoms with E-state index < -0.39 is 0 Å². The summed E-state index contributed by atoms with van der Waals surface area (Å²) >= 11 is 0. The lowest BCUT2D eigenvalue weighted by atomic mass is 10.3. The quantitative estimate of drug-likeness (QED) is 0.505. The number of rotatable bonds is 1. The summed E-state index contributed by atoms with van der Waals surface area (Å²) in [6.45, 7) is 3.79. The fraction of sp³-hybridized carbons (Fsp3) is 0.200. The van der Waals surface area contributed by atoms with Gasteiger partial charge in [0, 0.05) is 6.20 Å². The van der Waals surface area contributed by atoms with Crippen LogP contribution in [0.3, 0.4) is 0 Å². The first-order valence-electron chi connectivity index (χ1n) is 4.25. The highest BCUT2D eigenvalue weighted by molar-refractivity contribution is 5.56. The highest BCUT2D eigenvalue weighted by atomic mass is 16.1. The highest BCUT2D eigenvalue weighted by Gasteiger charge is 2.06. The third-order valence-corrected chi connectivity index (χ3v) is 2.06. The van der Waals surface area contributed by atoms with Crippen molar-refractivity contribution in [2.24, 2.45) is 4.99 Å². The van der Waals surface area contributed by atoms with Crippen molar-refractivity contribution in [1.29, 1.82) is 0 Å². The van der Waals surface area contributed by atoms with Gasteiger partial charge < -0.3 is 0 Å². The van der Waals surface area contributed by atoms with E-state index >= 15 is 0 Å². The van der Waals surface area contributed by atoms with E-state index in [0.29, 0.717) is 5.82 Å². The lowest BCUT2D eigenvalue weighted by Crippen LogP contribution is -1.84. The Morgan fingerprint density at radius 1 is 1.43 bits per heavy atom. The van der Waals surface area contributed by atoms with Gasteiger partial charge in [-0.05, 0) is 25.5 Å². The van der Waals surface area contributed by atoms with Crippen LogP contribution in [-0.4, -0.2) is 15.5 Å². The molecule has 4 nitrogen and oxygen atoms in total. The Morgan fingerprint density at radius 3 is 2.93 bits per heavy atom. The number of aromatic nitrogens is 2. The lowest BCUT2D eigenvalue weighted by Gasteiger charge is -1.96. The molecule has 0 aliphatic rings. The predicted molar refractivity (Wildman–Crippen MR) is 52.4 cm³/mol. The number of pyridine rings is 1. The van der Waals surface area contributed by atoms with Gasteiger partial charge in [0.25, 0.3) is 0 Å². The Hall–Kier alpha value is -1.93. The van der Waals surface area contributed by atoms with Gasteiger partial charge in [-0.15, -0.1) is 4.99 Å². The maximum absolute atomic E-state index is 10.2. The van der Waals surface area contributed by atoms with E-state index in [1.807, 2.05) is 32.2 Å². The molecule has 0 spiro atoms. The Morgan fingerprint density at radius 2 is 2.21 bits per heavy atom. The maximum atomic E-state index is 10.2. The number of hydrogen-bond donors (Lipinski definition) is 0. The molecule has 2 heterocycles. The fourth-order valence-electron chi connectivity index (χ4n) is 1.43. The Balaban J connectivity index is 2.85. The van der Waals surface area contributed by atoms with E-state index in [2.05, 4.69) is 9.98 Å². The molecule has 0 atom stereocenters. The van der Waals surface area contributed by atoms with E-state index in [0.717, 1.165) is 16.9 Å². The van der Waals surface area contributed by atoms with Crippen LogP contribution in [0.1, 0.15) is 11.3 Å². The van der Waals surface area contributed by atoms with Gasteiger partial charge in [-0.3, -0.25) is 4.40 Å². The average Bonchev–Trinajstić information content (AvgIpc) is 2.45. The zero-order valence-electron chi connectivity index (χ0n) is 7.98. The van der Waals surface area contributed by atoms with Crippen molar-refractivity contribution in [3.05, 3.63) is 29.6 Å². The monoisotopic (exact) mass is 187 g/mol. The standard InChI is InChI=1S/C10H9N3O/c1-7-3-4-9-12-8(2)10(11-6-14)13(9)5-7/h3-5H,1-2H3. The molecule has 0 aliphatic carbocycles. The second-order valence-corrected chi connectivity index (χ2v) is 3.16. The minimum Gasteiger partial charge on any atom is -0.283 e. The van der Waals surface area contributed by atoms with Crippen LogP contribution in [0.5, 0.6) is 0 Å². The average molecular weight is 187 g/mol. The van der Waals surface area contributed by atoms with Gasteiger partial charge in [-0.25, -0.2) is 9.78 Å². The molecule has 0 aromatic carbocycles. The lowest BCUT2D eigenvalue weighted by molar-refractivity contribution is 0.565. The highest BCUT2D eigenvalue weighted by Crippen LogP contribution is 2.20. The summed E-state index contributed by atoms with van der Waals surface area (Å²) in [5, 5.41) is 0. The number of aryl methyl sites for hydroxylation is 2. The van der Waals surface area contributed by atoms with Gasteiger partial charge in [-0.1, -0.05) is 6.07 Å². The molecular formula is C10H9N3O. The van der Waals surface area contributed by atoms with Crippen LogP contribution in [0.4, 0.5) is 5.82 Å². The first-order chi connectivity index (χ1) is 6.72. The first kappa shape index (κ1) is 8.66. The molecule has 2 aromatic heterocycles. The molecule has 0 N–H and O–H groups in total. The Labute approximate surface area is 80.9 Å². The summed E-state index contributed by atoms with van der Waals surface area (Å²) in [5.74, 6) is 0.554. The number of imidazole rings is 1. The zero-order chi connectivity index (χ0) is 10.1. The van der Waals surface area contributed by atoms with Gasteiger partial charge >= 0.3 is 0 Å².